The van der Waals surface area contributed by atoms with Crippen molar-refractivity contribution in [2.24, 2.45) is 0 Å². The van der Waals surface area contributed by atoms with E-state index in [4.69, 9.17) is 14.9 Å². The molecule has 1 amide bonds. The molecule has 7 heteroatoms. The third kappa shape index (κ3) is 2.29. The molecule has 0 bridgehead atoms. The lowest BCUT2D eigenvalue weighted by molar-refractivity contribution is 0.0600. The number of nitrogen functional groups attached to an aromatic ring is 1. The van der Waals surface area contributed by atoms with Crippen molar-refractivity contribution in [1.82, 2.24) is 4.90 Å². The summed E-state index contributed by atoms with van der Waals surface area (Å²) in [6.07, 6.45) is 2.06. The van der Waals surface area contributed by atoms with Gasteiger partial charge in [0.25, 0.3) is 5.91 Å². The van der Waals surface area contributed by atoms with Crippen LogP contribution in [0.5, 0.6) is 0 Å². The van der Waals surface area contributed by atoms with Gasteiger partial charge in [0.2, 0.25) is 0 Å². The molecular formula is C14H14N2O4S. The molecule has 2 aromatic rings. The highest BCUT2D eigenvalue weighted by molar-refractivity contribution is 7.16. The summed E-state index contributed by atoms with van der Waals surface area (Å²) in [4.78, 5) is 26.7. The Labute approximate surface area is 125 Å². The van der Waals surface area contributed by atoms with E-state index in [0.717, 1.165) is 10.4 Å². The van der Waals surface area contributed by atoms with Crippen molar-refractivity contribution in [3.63, 3.8) is 0 Å². The van der Waals surface area contributed by atoms with Crippen LogP contribution in [0.1, 0.15) is 31.4 Å². The fraction of sp³-hybridized carbons (Fsp3) is 0.286. The van der Waals surface area contributed by atoms with Crippen molar-refractivity contribution in [1.29, 1.82) is 0 Å². The topological polar surface area (TPSA) is 85.8 Å². The van der Waals surface area contributed by atoms with Gasteiger partial charge in [-0.3, -0.25) is 4.79 Å². The number of nitrogens with zero attached hydrogens (tertiary/aromatic N) is 1. The third-order valence-electron chi connectivity index (χ3n) is 3.49. The van der Waals surface area contributed by atoms with E-state index < -0.39 is 5.97 Å². The number of anilines is 1. The predicted octanol–water partition coefficient (Wildman–Crippen LogP) is 1.91. The smallest absolute Gasteiger partial charge is 0.341 e. The zero-order valence-electron chi connectivity index (χ0n) is 11.4. The summed E-state index contributed by atoms with van der Waals surface area (Å²) < 4.78 is 9.90. The molecule has 3 heterocycles. The number of thiophene rings is 1. The zero-order chi connectivity index (χ0) is 15.0. The summed E-state index contributed by atoms with van der Waals surface area (Å²) in [5, 5.41) is 0.444. The molecule has 2 aromatic heterocycles. The highest BCUT2D eigenvalue weighted by Crippen LogP contribution is 2.35. The summed E-state index contributed by atoms with van der Waals surface area (Å²) in [6, 6.07) is 3.32. The maximum Gasteiger partial charge on any atom is 0.341 e. The Bertz CT molecular complexity index is 690. The van der Waals surface area contributed by atoms with Crippen molar-refractivity contribution in [3.8, 4) is 0 Å². The van der Waals surface area contributed by atoms with Gasteiger partial charge in [-0.05, 0) is 24.1 Å². The van der Waals surface area contributed by atoms with Crippen LogP contribution in [-0.2, 0) is 17.7 Å². The molecule has 110 valence electrons. The first kappa shape index (κ1) is 13.7. The van der Waals surface area contributed by atoms with Gasteiger partial charge in [-0.1, -0.05) is 0 Å². The van der Waals surface area contributed by atoms with Crippen LogP contribution in [0.15, 0.2) is 22.8 Å². The van der Waals surface area contributed by atoms with E-state index in [9.17, 15) is 9.59 Å². The van der Waals surface area contributed by atoms with Gasteiger partial charge in [-0.25, -0.2) is 4.79 Å². The summed E-state index contributed by atoms with van der Waals surface area (Å²) in [6.45, 7) is 0.952. The maximum absolute atomic E-state index is 12.3. The number of amides is 1. The minimum atomic E-state index is -0.421. The Morgan fingerprint density at radius 2 is 2.29 bits per heavy atom. The molecular weight excluding hydrogens is 292 g/mol. The lowest BCUT2D eigenvalue weighted by Gasteiger charge is -2.26. The van der Waals surface area contributed by atoms with Crippen LogP contribution in [0.4, 0.5) is 5.00 Å². The van der Waals surface area contributed by atoms with Crippen LogP contribution < -0.4 is 5.73 Å². The van der Waals surface area contributed by atoms with Gasteiger partial charge in [0, 0.05) is 11.4 Å². The predicted molar refractivity (Wildman–Crippen MR) is 77.2 cm³/mol. The van der Waals surface area contributed by atoms with E-state index in [-0.39, 0.29) is 5.91 Å². The fourth-order valence-corrected chi connectivity index (χ4v) is 3.60. The van der Waals surface area contributed by atoms with Gasteiger partial charge in [0.05, 0.1) is 25.5 Å². The molecule has 0 saturated heterocycles. The minimum absolute atomic E-state index is 0.155. The molecule has 0 radical (unpaired) electrons. The number of methoxy groups -OCH3 is 1. The van der Waals surface area contributed by atoms with Crippen molar-refractivity contribution in [3.05, 3.63) is 40.2 Å². The average Bonchev–Trinajstić information content (AvgIpc) is 3.11. The van der Waals surface area contributed by atoms with Gasteiger partial charge in [-0.15, -0.1) is 11.3 Å². The normalized spacial score (nSPS) is 13.9. The summed E-state index contributed by atoms with van der Waals surface area (Å²) in [7, 11) is 1.33. The summed E-state index contributed by atoms with van der Waals surface area (Å²) in [5.74, 6) is -0.260. The van der Waals surface area contributed by atoms with Crippen LogP contribution in [0, 0.1) is 0 Å². The van der Waals surface area contributed by atoms with Crippen molar-refractivity contribution >= 4 is 28.2 Å². The second kappa shape index (κ2) is 5.25. The van der Waals surface area contributed by atoms with Gasteiger partial charge in [0.1, 0.15) is 5.00 Å². The van der Waals surface area contributed by atoms with Crippen LogP contribution in [-0.4, -0.2) is 30.4 Å². The summed E-state index contributed by atoms with van der Waals surface area (Å²) >= 11 is 1.33. The van der Waals surface area contributed by atoms with E-state index in [0.29, 0.717) is 35.8 Å². The number of furan rings is 1. The lowest BCUT2D eigenvalue weighted by atomic mass is 10.0. The van der Waals surface area contributed by atoms with Crippen LogP contribution in [0.2, 0.25) is 0 Å². The Balaban J connectivity index is 1.87. The molecule has 1 aliphatic rings. The molecule has 2 N–H and O–H groups in total. The third-order valence-corrected chi connectivity index (χ3v) is 4.54. The lowest BCUT2D eigenvalue weighted by Crippen LogP contribution is -2.35. The largest absolute Gasteiger partial charge is 0.465 e. The van der Waals surface area contributed by atoms with Crippen LogP contribution in [0.25, 0.3) is 0 Å². The average molecular weight is 306 g/mol. The number of ether oxygens (including phenoxy) is 1. The van der Waals surface area contributed by atoms with Crippen LogP contribution >= 0.6 is 11.3 Å². The molecule has 0 aromatic carbocycles. The first-order chi connectivity index (χ1) is 10.1. The number of hydrogen-bond acceptors (Lipinski definition) is 6. The molecule has 0 fully saturated rings. The minimum Gasteiger partial charge on any atom is -0.465 e. The number of hydrogen-bond donors (Lipinski definition) is 1. The SMILES string of the molecule is COC(=O)c1c(N)sc2c1CCN(C(=O)c1ccco1)C2. The zero-order valence-corrected chi connectivity index (χ0v) is 12.2. The van der Waals surface area contributed by atoms with E-state index in [1.165, 1.54) is 24.7 Å². The fourth-order valence-electron chi connectivity index (χ4n) is 2.48. The summed E-state index contributed by atoms with van der Waals surface area (Å²) in [5.41, 5.74) is 7.25. The van der Waals surface area contributed by atoms with E-state index >= 15 is 0 Å². The molecule has 6 nitrogen and oxygen atoms in total. The second-order valence-electron chi connectivity index (χ2n) is 4.69. The standard InChI is InChI=1S/C14H14N2O4S/c1-19-14(18)11-8-4-5-16(7-10(8)21-12(11)15)13(17)9-3-2-6-20-9/h2-3,6H,4-5,7,15H2,1H3. The van der Waals surface area contributed by atoms with Gasteiger partial charge in [-0.2, -0.15) is 0 Å². The van der Waals surface area contributed by atoms with Gasteiger partial charge < -0.3 is 19.8 Å². The molecule has 0 unspecified atom stereocenters. The highest BCUT2D eigenvalue weighted by Gasteiger charge is 2.30. The molecule has 3 rings (SSSR count). The molecule has 0 atom stereocenters. The first-order valence-electron chi connectivity index (χ1n) is 6.43. The number of carbonyl (C=O) groups is 2. The Kier molecular flexibility index (Phi) is 3.42. The van der Waals surface area contributed by atoms with E-state index in [2.05, 4.69) is 0 Å². The quantitative estimate of drug-likeness (QED) is 0.857. The van der Waals surface area contributed by atoms with Crippen LogP contribution in [0.3, 0.4) is 0 Å². The number of fused-ring (bicyclic) bond motifs is 1. The van der Waals surface area contributed by atoms with Gasteiger partial charge >= 0.3 is 5.97 Å². The van der Waals surface area contributed by atoms with Gasteiger partial charge in [0.15, 0.2) is 5.76 Å². The van der Waals surface area contributed by atoms with E-state index in [1.54, 1.807) is 17.0 Å². The maximum atomic E-state index is 12.3. The second-order valence-corrected chi connectivity index (χ2v) is 5.83. The molecule has 1 aliphatic heterocycles. The first-order valence-corrected chi connectivity index (χ1v) is 7.24. The Morgan fingerprint density at radius 3 is 2.95 bits per heavy atom. The molecule has 0 spiro atoms. The highest BCUT2D eigenvalue weighted by atomic mass is 32.1. The Morgan fingerprint density at radius 1 is 1.48 bits per heavy atom. The van der Waals surface area contributed by atoms with Crippen molar-refractivity contribution in [2.75, 3.05) is 19.4 Å². The molecule has 0 aliphatic carbocycles. The number of carbonyl (C=O) groups excluding carboxylic acids is 2. The number of nitrogens with two attached hydrogens (primary N) is 1. The Hall–Kier alpha value is -2.28. The van der Waals surface area contributed by atoms with E-state index in [1.807, 2.05) is 0 Å². The molecule has 21 heavy (non-hydrogen) atoms. The number of esters is 1. The monoisotopic (exact) mass is 306 g/mol. The molecule has 0 saturated carbocycles. The van der Waals surface area contributed by atoms with Crippen molar-refractivity contribution in [2.45, 2.75) is 13.0 Å². The van der Waals surface area contributed by atoms with Crippen molar-refractivity contribution < 1.29 is 18.7 Å². The number of rotatable bonds is 2.